The second-order valence-corrected chi connectivity index (χ2v) is 5.61. The average molecular weight is 386 g/mol. The van der Waals surface area contributed by atoms with Crippen LogP contribution in [0.1, 0.15) is 0 Å². The molecule has 0 fully saturated rings. The third kappa shape index (κ3) is 6.91. The zero-order chi connectivity index (χ0) is 20.4. The molecule has 0 aliphatic carbocycles. The van der Waals surface area contributed by atoms with E-state index in [2.05, 4.69) is 10.6 Å². The van der Waals surface area contributed by atoms with Crippen LogP contribution in [0.5, 0.6) is 5.75 Å². The standard InChI is InChI=1S/C20H20F2N4O2/c21-15-9-16(22)11-17(10-15)28-8-7-25-13-14(12-23)5-6-20(27)26-19-4-2-1-3-18(19)24/h1-6,9-13,23,25H,7-8,24H2,(H,26,27)/b6-5+,14-13-,23-12?. The quantitative estimate of drug-likeness (QED) is 0.175. The van der Waals surface area contributed by atoms with Gasteiger partial charge in [-0.05, 0) is 18.2 Å². The molecule has 0 saturated carbocycles. The van der Waals surface area contributed by atoms with Crippen molar-refractivity contribution in [3.8, 4) is 5.75 Å². The third-order valence-electron chi connectivity index (χ3n) is 3.43. The number of hydrogen-bond acceptors (Lipinski definition) is 5. The Bertz CT molecular complexity index is 877. The monoisotopic (exact) mass is 386 g/mol. The van der Waals surface area contributed by atoms with Gasteiger partial charge in [0.05, 0.1) is 11.4 Å². The summed E-state index contributed by atoms with van der Waals surface area (Å²) >= 11 is 0. The highest BCUT2D eigenvalue weighted by Crippen LogP contribution is 2.16. The van der Waals surface area contributed by atoms with E-state index in [1.807, 2.05) is 0 Å². The van der Waals surface area contributed by atoms with Gasteiger partial charge in [0.15, 0.2) is 0 Å². The van der Waals surface area contributed by atoms with Gasteiger partial charge in [0.2, 0.25) is 5.91 Å². The summed E-state index contributed by atoms with van der Waals surface area (Å²) in [5.74, 6) is -1.72. The smallest absolute Gasteiger partial charge is 0.248 e. The molecule has 5 N–H and O–H groups in total. The van der Waals surface area contributed by atoms with Crippen LogP contribution in [0, 0.1) is 17.0 Å². The molecule has 0 bridgehead atoms. The van der Waals surface area contributed by atoms with Crippen LogP contribution in [-0.4, -0.2) is 25.3 Å². The summed E-state index contributed by atoms with van der Waals surface area (Å²) in [5.41, 5.74) is 7.14. The fraction of sp³-hybridized carbons (Fsp3) is 0.100. The van der Waals surface area contributed by atoms with Crippen molar-refractivity contribution in [1.29, 1.82) is 5.41 Å². The van der Waals surface area contributed by atoms with Crippen LogP contribution in [0.4, 0.5) is 20.2 Å². The summed E-state index contributed by atoms with van der Waals surface area (Å²) in [6.07, 6.45) is 5.31. The Kier molecular flexibility index (Phi) is 7.71. The number of rotatable bonds is 9. The number of nitrogens with one attached hydrogen (secondary N) is 3. The summed E-state index contributed by atoms with van der Waals surface area (Å²) in [6.45, 7) is 0.484. The minimum atomic E-state index is -0.713. The molecule has 2 aromatic carbocycles. The summed E-state index contributed by atoms with van der Waals surface area (Å²) in [7, 11) is 0. The highest BCUT2D eigenvalue weighted by molar-refractivity contribution is 6.02. The van der Waals surface area contributed by atoms with Gasteiger partial charge in [-0.25, -0.2) is 8.78 Å². The van der Waals surface area contributed by atoms with E-state index in [0.29, 0.717) is 23.5 Å². The van der Waals surface area contributed by atoms with Crippen LogP contribution in [-0.2, 0) is 4.79 Å². The maximum atomic E-state index is 13.0. The molecule has 0 atom stereocenters. The number of carbonyl (C=O) groups excluding carboxylic acids is 1. The number of halogens is 2. The number of para-hydroxylation sites is 2. The van der Waals surface area contributed by atoms with Crippen molar-refractivity contribution in [2.75, 3.05) is 24.2 Å². The molecule has 8 heteroatoms. The Hall–Kier alpha value is -3.68. The topological polar surface area (TPSA) is 100 Å². The molecule has 28 heavy (non-hydrogen) atoms. The van der Waals surface area contributed by atoms with Crippen LogP contribution >= 0.6 is 0 Å². The van der Waals surface area contributed by atoms with Crippen LogP contribution in [0.25, 0.3) is 0 Å². The fourth-order valence-electron chi connectivity index (χ4n) is 2.12. The van der Waals surface area contributed by atoms with Gasteiger partial charge in [-0.2, -0.15) is 0 Å². The van der Waals surface area contributed by atoms with E-state index in [9.17, 15) is 13.6 Å². The van der Waals surface area contributed by atoms with E-state index >= 15 is 0 Å². The fourth-order valence-corrected chi connectivity index (χ4v) is 2.12. The SMILES string of the molecule is N=CC(=C\NCCOc1cc(F)cc(F)c1)/C=C/C(=O)Nc1ccccc1N. The number of nitrogens with two attached hydrogens (primary N) is 1. The van der Waals surface area contributed by atoms with Crippen LogP contribution in [0.3, 0.4) is 0 Å². The molecule has 0 aliphatic rings. The lowest BCUT2D eigenvalue weighted by Gasteiger charge is -2.07. The number of ether oxygens (including phenoxy) is 1. The molecule has 2 aromatic rings. The van der Waals surface area contributed by atoms with Gasteiger partial charge in [-0.3, -0.25) is 4.79 Å². The molecule has 0 saturated heterocycles. The van der Waals surface area contributed by atoms with E-state index in [1.165, 1.54) is 18.4 Å². The minimum absolute atomic E-state index is 0.0901. The average Bonchev–Trinajstić information content (AvgIpc) is 2.65. The second-order valence-electron chi connectivity index (χ2n) is 5.61. The Morgan fingerprint density at radius 3 is 2.54 bits per heavy atom. The first kappa shape index (κ1) is 20.6. The van der Waals surface area contributed by atoms with Gasteiger partial charge in [0.25, 0.3) is 0 Å². The number of amides is 1. The highest BCUT2D eigenvalue weighted by atomic mass is 19.1. The predicted octanol–water partition coefficient (Wildman–Crippen LogP) is 3.24. The predicted molar refractivity (Wildman–Crippen MR) is 105 cm³/mol. The molecule has 0 aliphatic heterocycles. The zero-order valence-electron chi connectivity index (χ0n) is 14.9. The summed E-state index contributed by atoms with van der Waals surface area (Å²) in [5, 5.41) is 12.9. The lowest BCUT2D eigenvalue weighted by atomic mass is 10.2. The van der Waals surface area contributed by atoms with Crippen molar-refractivity contribution in [2.24, 2.45) is 0 Å². The molecule has 0 unspecified atom stereocenters. The number of benzene rings is 2. The molecular weight excluding hydrogens is 366 g/mol. The van der Waals surface area contributed by atoms with Crippen LogP contribution < -0.4 is 21.1 Å². The van der Waals surface area contributed by atoms with Crippen molar-refractivity contribution in [3.63, 3.8) is 0 Å². The maximum Gasteiger partial charge on any atom is 0.248 e. The number of allylic oxidation sites excluding steroid dienone is 2. The molecule has 0 spiro atoms. The first-order chi connectivity index (χ1) is 13.5. The molecule has 2 rings (SSSR count). The van der Waals surface area contributed by atoms with Crippen LogP contribution in [0.15, 0.2) is 66.4 Å². The molecule has 0 heterocycles. The number of hydrogen-bond donors (Lipinski definition) is 4. The van der Waals surface area contributed by atoms with Gasteiger partial charge in [-0.15, -0.1) is 0 Å². The molecule has 0 aromatic heterocycles. The second kappa shape index (κ2) is 10.5. The summed E-state index contributed by atoms with van der Waals surface area (Å²) in [6, 6.07) is 9.80. The van der Waals surface area contributed by atoms with Gasteiger partial charge in [-0.1, -0.05) is 12.1 Å². The molecule has 6 nitrogen and oxygen atoms in total. The summed E-state index contributed by atoms with van der Waals surface area (Å²) in [4.78, 5) is 11.9. The lowest BCUT2D eigenvalue weighted by Crippen LogP contribution is -2.16. The first-order valence-corrected chi connectivity index (χ1v) is 8.34. The Morgan fingerprint density at radius 1 is 1.14 bits per heavy atom. The van der Waals surface area contributed by atoms with E-state index in [4.69, 9.17) is 15.9 Å². The van der Waals surface area contributed by atoms with E-state index < -0.39 is 11.6 Å². The van der Waals surface area contributed by atoms with Gasteiger partial charge in [0, 0.05) is 48.8 Å². The molecule has 1 amide bonds. The maximum absolute atomic E-state index is 13.0. The summed E-state index contributed by atoms with van der Waals surface area (Å²) < 4.78 is 31.3. The third-order valence-corrected chi connectivity index (χ3v) is 3.43. The largest absolute Gasteiger partial charge is 0.492 e. The van der Waals surface area contributed by atoms with Gasteiger partial charge in [0.1, 0.15) is 24.0 Å². The van der Waals surface area contributed by atoms with E-state index in [1.54, 1.807) is 24.3 Å². The number of nitrogen functional groups attached to an aromatic ring is 1. The Labute approximate surface area is 161 Å². The number of carbonyl (C=O) groups is 1. The van der Waals surface area contributed by atoms with Crippen molar-refractivity contribution < 1.29 is 18.3 Å². The lowest BCUT2D eigenvalue weighted by molar-refractivity contribution is -0.111. The highest BCUT2D eigenvalue weighted by Gasteiger charge is 2.02. The Balaban J connectivity index is 1.79. The molecule has 146 valence electrons. The van der Waals surface area contributed by atoms with Crippen molar-refractivity contribution in [2.45, 2.75) is 0 Å². The van der Waals surface area contributed by atoms with Crippen LogP contribution in [0.2, 0.25) is 0 Å². The van der Waals surface area contributed by atoms with E-state index in [-0.39, 0.29) is 18.3 Å². The Morgan fingerprint density at radius 2 is 1.86 bits per heavy atom. The minimum Gasteiger partial charge on any atom is -0.492 e. The zero-order valence-corrected chi connectivity index (χ0v) is 14.9. The molecular formula is C20H20F2N4O2. The van der Waals surface area contributed by atoms with Crippen molar-refractivity contribution in [3.05, 3.63) is 78.0 Å². The van der Waals surface area contributed by atoms with Crippen molar-refractivity contribution in [1.82, 2.24) is 5.32 Å². The number of anilines is 2. The normalized spacial score (nSPS) is 11.3. The van der Waals surface area contributed by atoms with E-state index in [0.717, 1.165) is 24.4 Å². The van der Waals surface area contributed by atoms with Crippen molar-refractivity contribution >= 4 is 23.5 Å². The first-order valence-electron chi connectivity index (χ1n) is 8.34. The van der Waals surface area contributed by atoms with Gasteiger partial charge < -0.3 is 26.5 Å². The molecule has 0 radical (unpaired) electrons. The van der Waals surface area contributed by atoms with Gasteiger partial charge >= 0.3 is 0 Å².